The normalized spacial score (nSPS) is 11.0. The quantitative estimate of drug-likeness (QED) is 0.461. The van der Waals surface area contributed by atoms with Crippen molar-refractivity contribution < 1.29 is 5.11 Å². The molecule has 1 nitrogen and oxygen atoms in total. The Hall–Kier alpha value is -2.80. The molecule has 4 rings (SSSR count). The zero-order valence-corrected chi connectivity index (χ0v) is 11.5. The number of aromatic hydroxyl groups is 1. The summed E-state index contributed by atoms with van der Waals surface area (Å²) in [6.07, 6.45) is 0. The first-order valence-corrected chi connectivity index (χ1v) is 7.03. The lowest BCUT2D eigenvalue weighted by Gasteiger charge is -2.12. The minimum absolute atomic E-state index is 0.329. The van der Waals surface area contributed by atoms with Gasteiger partial charge in [0.05, 0.1) is 0 Å². The van der Waals surface area contributed by atoms with E-state index in [1.54, 1.807) is 6.07 Å². The van der Waals surface area contributed by atoms with Crippen LogP contribution < -0.4 is 0 Å². The van der Waals surface area contributed by atoms with Crippen molar-refractivity contribution in [1.82, 2.24) is 0 Å². The van der Waals surface area contributed by atoms with Crippen LogP contribution in [0.3, 0.4) is 0 Å². The summed E-state index contributed by atoms with van der Waals surface area (Å²) in [5.41, 5.74) is 2.35. The Labute approximate surface area is 123 Å². The van der Waals surface area contributed by atoms with E-state index in [0.717, 1.165) is 16.2 Å². The van der Waals surface area contributed by atoms with Crippen molar-refractivity contribution in [3.63, 3.8) is 0 Å². The summed E-state index contributed by atoms with van der Waals surface area (Å²) in [5.74, 6) is 0.329. The Morgan fingerprint density at radius 1 is 0.571 bits per heavy atom. The Kier molecular flexibility index (Phi) is 2.65. The van der Waals surface area contributed by atoms with Gasteiger partial charge in [-0.2, -0.15) is 0 Å². The van der Waals surface area contributed by atoms with E-state index >= 15 is 0 Å². The van der Waals surface area contributed by atoms with Crippen LogP contribution in [-0.4, -0.2) is 5.11 Å². The van der Waals surface area contributed by atoms with Crippen LogP contribution in [0.1, 0.15) is 0 Å². The van der Waals surface area contributed by atoms with Gasteiger partial charge in [-0.25, -0.2) is 0 Å². The lowest BCUT2D eigenvalue weighted by molar-refractivity contribution is 0.481. The number of fused-ring (bicyclic) bond motifs is 2. The van der Waals surface area contributed by atoms with Crippen LogP contribution in [0.25, 0.3) is 32.7 Å². The average Bonchev–Trinajstić information content (AvgIpc) is 2.54. The van der Waals surface area contributed by atoms with Crippen LogP contribution in [0.5, 0.6) is 5.75 Å². The highest BCUT2D eigenvalue weighted by Gasteiger charge is 2.11. The molecule has 0 bridgehead atoms. The van der Waals surface area contributed by atoms with E-state index in [2.05, 4.69) is 42.5 Å². The third kappa shape index (κ3) is 1.86. The molecule has 4 aromatic carbocycles. The minimum atomic E-state index is 0.329. The van der Waals surface area contributed by atoms with E-state index in [1.807, 2.05) is 30.3 Å². The molecule has 100 valence electrons. The highest BCUT2D eigenvalue weighted by atomic mass is 16.3. The molecule has 0 spiro atoms. The van der Waals surface area contributed by atoms with Crippen molar-refractivity contribution in [1.29, 1.82) is 0 Å². The summed E-state index contributed by atoms with van der Waals surface area (Å²) in [5, 5.41) is 14.5. The number of benzene rings is 4. The fourth-order valence-corrected chi connectivity index (χ4v) is 2.99. The molecule has 0 saturated heterocycles. The smallest absolute Gasteiger partial charge is 0.123 e. The molecular formula is C20H14O. The summed E-state index contributed by atoms with van der Waals surface area (Å²) in [4.78, 5) is 0. The minimum Gasteiger partial charge on any atom is -0.507 e. The second kappa shape index (κ2) is 4.64. The topological polar surface area (TPSA) is 20.2 Å². The van der Waals surface area contributed by atoms with E-state index in [-0.39, 0.29) is 0 Å². The predicted octanol–water partition coefficient (Wildman–Crippen LogP) is 5.37. The largest absolute Gasteiger partial charge is 0.507 e. The first kappa shape index (κ1) is 12.0. The highest BCUT2D eigenvalue weighted by molar-refractivity contribution is 6.13. The molecule has 0 fully saturated rings. The molecule has 0 radical (unpaired) electrons. The number of phenols is 1. The molecule has 0 amide bonds. The van der Waals surface area contributed by atoms with Crippen molar-refractivity contribution >= 4 is 21.5 Å². The van der Waals surface area contributed by atoms with Crippen molar-refractivity contribution in [3.8, 4) is 16.9 Å². The Morgan fingerprint density at radius 2 is 1.29 bits per heavy atom. The Morgan fingerprint density at radius 3 is 2.14 bits per heavy atom. The first-order valence-electron chi connectivity index (χ1n) is 7.03. The summed E-state index contributed by atoms with van der Waals surface area (Å²) < 4.78 is 0. The second-order valence-electron chi connectivity index (χ2n) is 5.21. The molecule has 0 heterocycles. The number of rotatable bonds is 1. The van der Waals surface area contributed by atoms with E-state index in [9.17, 15) is 5.11 Å². The number of hydrogen-bond donors (Lipinski definition) is 1. The molecule has 1 heteroatoms. The van der Waals surface area contributed by atoms with Gasteiger partial charge in [0.2, 0.25) is 0 Å². The molecule has 0 atom stereocenters. The maximum atomic E-state index is 10.2. The van der Waals surface area contributed by atoms with Crippen molar-refractivity contribution in [2.75, 3.05) is 0 Å². The molecule has 0 saturated carbocycles. The Bertz CT molecular complexity index is 940. The number of phenolic OH excluding ortho intramolecular Hbond substituents is 1. The van der Waals surface area contributed by atoms with Crippen LogP contribution >= 0.6 is 0 Å². The zero-order valence-electron chi connectivity index (χ0n) is 11.5. The van der Waals surface area contributed by atoms with Crippen LogP contribution in [0.15, 0.2) is 78.9 Å². The van der Waals surface area contributed by atoms with Crippen LogP contribution in [0.2, 0.25) is 0 Å². The summed E-state index contributed by atoms with van der Waals surface area (Å²) >= 11 is 0. The standard InChI is InChI=1S/C20H14O/c21-19-12-6-11-17-18(19)13-15-9-4-5-10-16(15)20(17)14-7-2-1-3-8-14/h1-13,21H. The maximum absolute atomic E-state index is 10.2. The van der Waals surface area contributed by atoms with Crippen LogP contribution in [0, 0.1) is 0 Å². The molecule has 0 aliphatic heterocycles. The second-order valence-corrected chi connectivity index (χ2v) is 5.21. The van der Waals surface area contributed by atoms with Gasteiger partial charge in [-0.15, -0.1) is 0 Å². The molecule has 0 aliphatic rings. The third-order valence-corrected chi connectivity index (χ3v) is 3.94. The van der Waals surface area contributed by atoms with Gasteiger partial charge >= 0.3 is 0 Å². The summed E-state index contributed by atoms with van der Waals surface area (Å²) in [7, 11) is 0. The first-order chi connectivity index (χ1) is 10.3. The molecule has 21 heavy (non-hydrogen) atoms. The van der Waals surface area contributed by atoms with Gasteiger partial charge in [0.1, 0.15) is 5.75 Å². The fourth-order valence-electron chi connectivity index (χ4n) is 2.99. The predicted molar refractivity (Wildman–Crippen MR) is 88.6 cm³/mol. The summed E-state index contributed by atoms with van der Waals surface area (Å²) in [6, 6.07) is 26.4. The van der Waals surface area contributed by atoms with Crippen molar-refractivity contribution in [2.45, 2.75) is 0 Å². The lowest BCUT2D eigenvalue weighted by atomic mass is 9.92. The van der Waals surface area contributed by atoms with Gasteiger partial charge in [-0.1, -0.05) is 66.7 Å². The van der Waals surface area contributed by atoms with Crippen LogP contribution in [-0.2, 0) is 0 Å². The van der Waals surface area contributed by atoms with Gasteiger partial charge in [0.15, 0.2) is 0 Å². The van der Waals surface area contributed by atoms with Crippen molar-refractivity contribution in [2.24, 2.45) is 0 Å². The monoisotopic (exact) mass is 270 g/mol. The highest BCUT2D eigenvalue weighted by Crippen LogP contribution is 2.38. The average molecular weight is 270 g/mol. The molecule has 0 aromatic heterocycles. The molecule has 4 aromatic rings. The molecule has 1 N–H and O–H groups in total. The molecule has 0 unspecified atom stereocenters. The van der Waals surface area contributed by atoms with Gasteiger partial charge in [-0.3, -0.25) is 0 Å². The lowest BCUT2D eigenvalue weighted by Crippen LogP contribution is -1.85. The zero-order chi connectivity index (χ0) is 14.2. The van der Waals surface area contributed by atoms with Crippen molar-refractivity contribution in [3.05, 3.63) is 78.9 Å². The summed E-state index contributed by atoms with van der Waals surface area (Å²) in [6.45, 7) is 0. The van der Waals surface area contributed by atoms with E-state index in [0.29, 0.717) is 5.75 Å². The van der Waals surface area contributed by atoms with E-state index in [4.69, 9.17) is 0 Å². The number of hydrogen-bond acceptors (Lipinski definition) is 1. The SMILES string of the molecule is Oc1cccc2c(-c3ccccc3)c3ccccc3cc12. The van der Waals surface area contributed by atoms with Gasteiger partial charge in [0, 0.05) is 5.39 Å². The van der Waals surface area contributed by atoms with Crippen LogP contribution in [0.4, 0.5) is 0 Å². The third-order valence-electron chi connectivity index (χ3n) is 3.94. The molecular weight excluding hydrogens is 256 g/mol. The van der Waals surface area contributed by atoms with Gasteiger partial charge in [0.25, 0.3) is 0 Å². The van der Waals surface area contributed by atoms with Gasteiger partial charge < -0.3 is 5.11 Å². The van der Waals surface area contributed by atoms with E-state index in [1.165, 1.54) is 16.5 Å². The van der Waals surface area contributed by atoms with Gasteiger partial charge in [-0.05, 0) is 39.4 Å². The Balaban J connectivity index is 2.26. The van der Waals surface area contributed by atoms with E-state index < -0.39 is 0 Å². The fraction of sp³-hybridized carbons (Fsp3) is 0. The molecule has 0 aliphatic carbocycles. The maximum Gasteiger partial charge on any atom is 0.123 e.